The average Bonchev–Trinajstić information content (AvgIpc) is 3.11. The fourth-order valence-corrected chi connectivity index (χ4v) is 8.17. The maximum Gasteiger partial charge on any atom is 0.335 e. The van der Waals surface area contributed by atoms with Gasteiger partial charge in [-0.1, -0.05) is 144 Å². The van der Waals surface area contributed by atoms with Crippen molar-refractivity contribution in [3.63, 3.8) is 0 Å². The van der Waals surface area contributed by atoms with E-state index in [-0.39, 0.29) is 7.43 Å². The first-order chi connectivity index (χ1) is 22.7. The van der Waals surface area contributed by atoms with Gasteiger partial charge < -0.3 is 9.05 Å². The van der Waals surface area contributed by atoms with Crippen LogP contribution in [0, 0.1) is 0 Å². The van der Waals surface area contributed by atoms with Crippen LogP contribution < -0.4 is 0 Å². The molecule has 0 saturated heterocycles. The summed E-state index contributed by atoms with van der Waals surface area (Å²) in [7, 11) is -3.05. The van der Waals surface area contributed by atoms with E-state index < -0.39 is 7.60 Å². The Morgan fingerprint density at radius 2 is 0.938 bits per heavy atom. The normalized spacial score (nSPS) is 13.7. The molecule has 5 heteroatoms. The van der Waals surface area contributed by atoms with E-state index in [1.165, 1.54) is 40.7 Å². The second kappa shape index (κ2) is 22.1. The summed E-state index contributed by atoms with van der Waals surface area (Å²) in [5.74, 6) is 2.84. The zero-order chi connectivity index (χ0) is 34.1. The highest BCUT2D eigenvalue weighted by Crippen LogP contribution is 2.51. The Kier molecular flexibility index (Phi) is 19.1. The summed E-state index contributed by atoms with van der Waals surface area (Å²) in [6.45, 7) is 13.6. The van der Waals surface area contributed by atoms with Crippen molar-refractivity contribution in [1.29, 1.82) is 0 Å². The first-order valence-corrected chi connectivity index (χ1v) is 19.7. The lowest BCUT2D eigenvalue weighted by Crippen LogP contribution is -2.04. The van der Waals surface area contributed by atoms with Gasteiger partial charge in [0.05, 0.1) is 19.4 Å². The van der Waals surface area contributed by atoms with E-state index >= 15 is 0 Å². The van der Waals surface area contributed by atoms with Gasteiger partial charge in [-0.25, -0.2) is 0 Å². The van der Waals surface area contributed by atoms with Gasteiger partial charge in [-0.15, -0.1) is 11.6 Å². The molecule has 0 aromatic heterocycles. The van der Waals surface area contributed by atoms with E-state index in [4.69, 9.17) is 20.6 Å². The van der Waals surface area contributed by atoms with Gasteiger partial charge in [-0.3, -0.25) is 4.57 Å². The second-order valence-corrected chi connectivity index (χ2v) is 14.8. The highest BCUT2D eigenvalue weighted by atomic mass is 35.5. The lowest BCUT2D eigenvalue weighted by atomic mass is 9.84. The van der Waals surface area contributed by atoms with Gasteiger partial charge in [0.1, 0.15) is 0 Å². The van der Waals surface area contributed by atoms with Crippen LogP contribution in [-0.2, 0) is 25.7 Å². The SMILES string of the molecule is C.CCC(CC(C)c1ccccc1)c1ccc(CCl)cc1.CCOP(=O)(Cc1ccc(C(CC)CC(C)c2ccccc2)cc1)OCC. The minimum Gasteiger partial charge on any atom is -0.309 e. The summed E-state index contributed by atoms with van der Waals surface area (Å²) in [4.78, 5) is 0. The van der Waals surface area contributed by atoms with E-state index in [1.54, 1.807) is 0 Å². The molecule has 0 amide bonds. The van der Waals surface area contributed by atoms with Gasteiger partial charge >= 0.3 is 7.60 Å². The molecule has 3 nitrogen and oxygen atoms in total. The van der Waals surface area contributed by atoms with Gasteiger partial charge in [0.15, 0.2) is 0 Å². The van der Waals surface area contributed by atoms with Crippen LogP contribution >= 0.6 is 19.2 Å². The molecule has 0 saturated carbocycles. The molecule has 0 spiro atoms. The van der Waals surface area contributed by atoms with Crippen LogP contribution in [0.3, 0.4) is 0 Å². The highest BCUT2D eigenvalue weighted by molar-refractivity contribution is 7.53. The van der Waals surface area contributed by atoms with Crippen LogP contribution in [-0.4, -0.2) is 13.2 Å². The molecule has 0 aliphatic carbocycles. The van der Waals surface area contributed by atoms with Crippen LogP contribution in [0.15, 0.2) is 109 Å². The van der Waals surface area contributed by atoms with E-state index in [0.717, 1.165) is 18.4 Å². The molecule has 4 aromatic rings. The predicted octanol–water partition coefficient (Wildman–Crippen LogP) is 13.9. The summed E-state index contributed by atoms with van der Waals surface area (Å²) in [6, 6.07) is 38.7. The Labute approximate surface area is 298 Å². The zero-order valence-electron chi connectivity index (χ0n) is 29.4. The quantitative estimate of drug-likeness (QED) is 0.0817. The molecule has 4 unspecified atom stereocenters. The summed E-state index contributed by atoms with van der Waals surface area (Å²) in [5, 5.41) is 0. The fourth-order valence-electron chi connectivity index (χ4n) is 6.29. The molecule has 0 bridgehead atoms. The number of hydrogen-bond acceptors (Lipinski definition) is 3. The monoisotopic (exact) mass is 690 g/mol. The minimum atomic E-state index is -3.05. The number of benzene rings is 4. The molecule has 48 heavy (non-hydrogen) atoms. The molecule has 4 atom stereocenters. The first-order valence-electron chi connectivity index (χ1n) is 17.5. The van der Waals surface area contributed by atoms with Crippen LogP contribution in [0.25, 0.3) is 0 Å². The Morgan fingerprint density at radius 1 is 0.562 bits per heavy atom. The molecular weight excluding hydrogens is 631 g/mol. The summed E-state index contributed by atoms with van der Waals surface area (Å²) >= 11 is 5.86. The Hall–Kier alpha value is -2.68. The first kappa shape index (κ1) is 41.5. The zero-order valence-corrected chi connectivity index (χ0v) is 31.1. The Morgan fingerprint density at radius 3 is 1.27 bits per heavy atom. The van der Waals surface area contributed by atoms with Crippen molar-refractivity contribution in [2.75, 3.05) is 13.2 Å². The maximum atomic E-state index is 12.7. The van der Waals surface area contributed by atoms with Gasteiger partial charge in [0.2, 0.25) is 0 Å². The smallest absolute Gasteiger partial charge is 0.309 e. The Balaban J connectivity index is 0.000000340. The van der Waals surface area contributed by atoms with Crippen molar-refractivity contribution < 1.29 is 13.6 Å². The molecule has 4 aromatic carbocycles. The van der Waals surface area contributed by atoms with Crippen LogP contribution in [0.2, 0.25) is 0 Å². The number of alkyl halides is 1. The second-order valence-electron chi connectivity index (χ2n) is 12.5. The van der Waals surface area contributed by atoms with Gasteiger partial charge in [-0.2, -0.15) is 0 Å². The number of rotatable bonds is 17. The van der Waals surface area contributed by atoms with Crippen LogP contribution in [0.5, 0.6) is 0 Å². The number of hydrogen-bond donors (Lipinski definition) is 0. The van der Waals surface area contributed by atoms with E-state index in [9.17, 15) is 4.57 Å². The van der Waals surface area contributed by atoms with Crippen molar-refractivity contribution in [3.05, 3.63) is 143 Å². The predicted molar refractivity (Wildman–Crippen MR) is 209 cm³/mol. The molecule has 0 heterocycles. The standard InChI is InChI=1S/C23H33O3P.C19H23Cl.CH4/c1-5-21(17-19(4)22-11-9-8-10-12-22)23-15-13-20(14-16-23)18-27(24,25-6-2)26-7-3;1-3-17(19-11-9-16(14-20)10-12-19)13-15(2)18-7-5-4-6-8-18;/h8-16,19,21H,5-7,17-18H2,1-4H3;4-12,15,17H,3,13-14H2,1-2H3;1H4. The topological polar surface area (TPSA) is 35.5 Å². The van der Waals surface area contributed by atoms with Crippen molar-refractivity contribution in [2.45, 2.75) is 110 Å². The average molecular weight is 691 g/mol. The third-order valence-electron chi connectivity index (χ3n) is 9.08. The molecule has 0 aliphatic rings. The van der Waals surface area contributed by atoms with Gasteiger partial charge in [0, 0.05) is 5.88 Å². The molecule has 0 aliphatic heterocycles. The lowest BCUT2D eigenvalue weighted by molar-refractivity contribution is 0.219. The van der Waals surface area contributed by atoms with Crippen molar-refractivity contribution >= 4 is 19.2 Å². The molecular formula is C43H60ClO3P. The van der Waals surface area contributed by atoms with Gasteiger partial charge in [-0.05, 0) is 96.6 Å². The van der Waals surface area contributed by atoms with E-state index in [0.29, 0.717) is 48.9 Å². The molecule has 0 radical (unpaired) electrons. The molecule has 4 rings (SSSR count). The summed E-state index contributed by atoms with van der Waals surface area (Å²) in [6.07, 6.45) is 4.92. The lowest BCUT2D eigenvalue weighted by Gasteiger charge is -2.21. The minimum absolute atomic E-state index is 0. The van der Waals surface area contributed by atoms with E-state index in [1.807, 2.05) is 13.8 Å². The van der Waals surface area contributed by atoms with Crippen molar-refractivity contribution in [1.82, 2.24) is 0 Å². The van der Waals surface area contributed by atoms with Crippen LogP contribution in [0.4, 0.5) is 0 Å². The third kappa shape index (κ3) is 13.3. The highest BCUT2D eigenvalue weighted by Gasteiger charge is 2.24. The largest absolute Gasteiger partial charge is 0.335 e. The Bertz CT molecular complexity index is 1430. The van der Waals surface area contributed by atoms with Crippen molar-refractivity contribution in [2.24, 2.45) is 0 Å². The third-order valence-corrected chi connectivity index (χ3v) is 11.4. The molecule has 262 valence electrons. The van der Waals surface area contributed by atoms with Crippen molar-refractivity contribution in [3.8, 4) is 0 Å². The number of halogens is 1. The van der Waals surface area contributed by atoms with Gasteiger partial charge in [0.25, 0.3) is 0 Å². The molecule has 0 fully saturated rings. The van der Waals surface area contributed by atoms with Crippen LogP contribution in [0.1, 0.15) is 132 Å². The fraction of sp³-hybridized carbons (Fsp3) is 0.442. The molecule has 0 N–H and O–H groups in total. The summed E-state index contributed by atoms with van der Waals surface area (Å²) < 4.78 is 23.5. The summed E-state index contributed by atoms with van der Waals surface area (Å²) in [5.41, 5.74) is 7.79. The van der Waals surface area contributed by atoms with E-state index in [2.05, 4.69) is 137 Å². The maximum absolute atomic E-state index is 12.7.